The summed E-state index contributed by atoms with van der Waals surface area (Å²) in [5.41, 5.74) is 3.84. The molecule has 4 heteroatoms. The number of nitrogens with zero attached hydrogens (tertiary/aromatic N) is 2. The molecule has 0 fully saturated rings. The van der Waals surface area contributed by atoms with Crippen molar-refractivity contribution in [1.29, 1.82) is 0 Å². The van der Waals surface area contributed by atoms with Gasteiger partial charge in [-0.1, -0.05) is 31.5 Å². The van der Waals surface area contributed by atoms with E-state index in [0.717, 1.165) is 29.8 Å². The lowest BCUT2D eigenvalue weighted by molar-refractivity contribution is 0.0955. The Kier molecular flexibility index (Phi) is 4.56. The molecule has 0 radical (unpaired) electrons. The van der Waals surface area contributed by atoms with E-state index >= 15 is 0 Å². The molecular weight excluding hydrogens is 250 g/mol. The van der Waals surface area contributed by atoms with Gasteiger partial charge in [0.25, 0.3) is 5.91 Å². The van der Waals surface area contributed by atoms with Crippen molar-refractivity contribution in [2.45, 2.75) is 33.6 Å². The van der Waals surface area contributed by atoms with Crippen molar-refractivity contribution in [2.75, 3.05) is 6.54 Å². The van der Waals surface area contributed by atoms with Gasteiger partial charge in [0, 0.05) is 6.54 Å². The summed E-state index contributed by atoms with van der Waals surface area (Å²) in [5, 5.41) is 7.27. The van der Waals surface area contributed by atoms with Crippen molar-refractivity contribution in [3.8, 4) is 5.69 Å². The molecule has 1 N–H and O–H groups in total. The molecule has 0 aliphatic carbocycles. The molecule has 106 valence electrons. The normalized spacial score (nSPS) is 10.6. The molecule has 2 rings (SSSR count). The first-order valence-electron chi connectivity index (χ1n) is 7.10. The van der Waals surface area contributed by atoms with Crippen molar-refractivity contribution in [2.24, 2.45) is 0 Å². The van der Waals surface area contributed by atoms with Gasteiger partial charge in [0.15, 0.2) is 0 Å². The van der Waals surface area contributed by atoms with E-state index in [-0.39, 0.29) is 5.91 Å². The highest BCUT2D eigenvalue weighted by molar-refractivity contribution is 5.95. The number of aromatic nitrogens is 2. The molecule has 1 aromatic heterocycles. The van der Waals surface area contributed by atoms with Crippen LogP contribution in [0.2, 0.25) is 0 Å². The molecule has 0 spiro atoms. The Bertz CT molecular complexity index is 602. The topological polar surface area (TPSA) is 46.9 Å². The smallest absolute Gasteiger partial charge is 0.254 e. The van der Waals surface area contributed by atoms with Crippen LogP contribution in [-0.4, -0.2) is 22.2 Å². The quantitative estimate of drug-likeness (QED) is 0.909. The second kappa shape index (κ2) is 6.37. The number of aryl methyl sites for hydroxylation is 1. The Labute approximate surface area is 119 Å². The molecular formula is C16H21N3O. The minimum atomic E-state index is -0.0456. The lowest BCUT2D eigenvalue weighted by Gasteiger charge is -2.11. The van der Waals surface area contributed by atoms with Crippen molar-refractivity contribution in [3.05, 3.63) is 47.3 Å². The van der Waals surface area contributed by atoms with Gasteiger partial charge in [0.1, 0.15) is 0 Å². The van der Waals surface area contributed by atoms with Crippen molar-refractivity contribution in [3.63, 3.8) is 0 Å². The summed E-state index contributed by atoms with van der Waals surface area (Å²) in [6.45, 7) is 6.71. The monoisotopic (exact) mass is 271 g/mol. The Morgan fingerprint density at radius 2 is 2.05 bits per heavy atom. The van der Waals surface area contributed by atoms with E-state index in [2.05, 4.69) is 30.3 Å². The van der Waals surface area contributed by atoms with Crippen LogP contribution in [0.25, 0.3) is 5.69 Å². The first kappa shape index (κ1) is 14.3. The Morgan fingerprint density at radius 1 is 1.30 bits per heavy atom. The molecule has 4 nitrogen and oxygen atoms in total. The van der Waals surface area contributed by atoms with Gasteiger partial charge in [-0.25, -0.2) is 4.68 Å². The van der Waals surface area contributed by atoms with E-state index < -0.39 is 0 Å². The first-order chi connectivity index (χ1) is 9.69. The maximum atomic E-state index is 12.1. The number of benzene rings is 1. The van der Waals surface area contributed by atoms with Crippen LogP contribution in [0.15, 0.2) is 30.5 Å². The van der Waals surface area contributed by atoms with Gasteiger partial charge in [-0.15, -0.1) is 0 Å². The number of nitrogens with one attached hydrogen (secondary N) is 1. The number of amides is 1. The zero-order valence-electron chi connectivity index (χ0n) is 12.3. The third kappa shape index (κ3) is 2.74. The van der Waals surface area contributed by atoms with Gasteiger partial charge in [0.2, 0.25) is 0 Å². The number of rotatable bonds is 5. The standard InChI is InChI=1S/C16H21N3O/c1-4-8-15-13(16(20)17-5-2)11-18-19(15)14-10-7-6-9-12(14)3/h6-7,9-11H,4-5,8H2,1-3H3,(H,17,20). The third-order valence-electron chi connectivity index (χ3n) is 3.28. The van der Waals surface area contributed by atoms with E-state index in [9.17, 15) is 4.79 Å². The molecule has 0 aliphatic rings. The predicted molar refractivity (Wildman–Crippen MR) is 80.3 cm³/mol. The van der Waals surface area contributed by atoms with Gasteiger partial charge in [-0.2, -0.15) is 5.10 Å². The molecule has 0 atom stereocenters. The van der Waals surface area contributed by atoms with Crippen LogP contribution >= 0.6 is 0 Å². The largest absolute Gasteiger partial charge is 0.352 e. The van der Waals surface area contributed by atoms with Gasteiger partial charge in [0.05, 0.1) is 23.1 Å². The molecule has 0 unspecified atom stereocenters. The summed E-state index contributed by atoms with van der Waals surface area (Å²) in [5.74, 6) is -0.0456. The average Bonchev–Trinajstić information content (AvgIpc) is 2.84. The molecule has 1 heterocycles. The number of carbonyl (C=O) groups is 1. The molecule has 0 aliphatic heterocycles. The van der Waals surface area contributed by atoms with Crippen LogP contribution in [-0.2, 0) is 6.42 Å². The minimum Gasteiger partial charge on any atom is -0.352 e. The summed E-state index contributed by atoms with van der Waals surface area (Å²) < 4.78 is 1.89. The number of para-hydroxylation sites is 1. The molecule has 0 saturated carbocycles. The summed E-state index contributed by atoms with van der Waals surface area (Å²) in [7, 11) is 0. The second-order valence-corrected chi connectivity index (χ2v) is 4.81. The fourth-order valence-corrected chi connectivity index (χ4v) is 2.31. The molecule has 0 saturated heterocycles. The van der Waals surface area contributed by atoms with Crippen molar-refractivity contribution in [1.82, 2.24) is 15.1 Å². The fraction of sp³-hybridized carbons (Fsp3) is 0.375. The second-order valence-electron chi connectivity index (χ2n) is 4.81. The van der Waals surface area contributed by atoms with Crippen LogP contribution in [0, 0.1) is 6.92 Å². The number of hydrogen-bond acceptors (Lipinski definition) is 2. The highest BCUT2D eigenvalue weighted by Gasteiger charge is 2.17. The zero-order chi connectivity index (χ0) is 14.5. The Hall–Kier alpha value is -2.10. The highest BCUT2D eigenvalue weighted by atomic mass is 16.1. The molecule has 0 bridgehead atoms. The van der Waals surface area contributed by atoms with Crippen LogP contribution in [0.4, 0.5) is 0 Å². The van der Waals surface area contributed by atoms with Crippen LogP contribution in [0.5, 0.6) is 0 Å². The van der Waals surface area contributed by atoms with E-state index in [1.807, 2.05) is 29.8 Å². The predicted octanol–water partition coefficient (Wildman–Crippen LogP) is 2.88. The maximum Gasteiger partial charge on any atom is 0.254 e. The van der Waals surface area contributed by atoms with Crippen molar-refractivity contribution < 1.29 is 4.79 Å². The highest BCUT2D eigenvalue weighted by Crippen LogP contribution is 2.19. The Balaban J connectivity index is 2.49. The summed E-state index contributed by atoms with van der Waals surface area (Å²) >= 11 is 0. The van der Waals surface area contributed by atoms with E-state index in [4.69, 9.17) is 0 Å². The van der Waals surface area contributed by atoms with Gasteiger partial charge in [-0.3, -0.25) is 4.79 Å². The van der Waals surface area contributed by atoms with Gasteiger partial charge >= 0.3 is 0 Å². The van der Waals surface area contributed by atoms with Gasteiger partial charge in [-0.05, 0) is 31.9 Å². The molecule has 20 heavy (non-hydrogen) atoms. The van der Waals surface area contributed by atoms with E-state index in [1.54, 1.807) is 6.20 Å². The van der Waals surface area contributed by atoms with Crippen LogP contribution in [0.3, 0.4) is 0 Å². The van der Waals surface area contributed by atoms with Crippen molar-refractivity contribution >= 4 is 5.91 Å². The fourth-order valence-electron chi connectivity index (χ4n) is 2.31. The SMILES string of the molecule is CCCc1c(C(=O)NCC)cnn1-c1ccccc1C. The maximum absolute atomic E-state index is 12.1. The minimum absolute atomic E-state index is 0.0456. The number of hydrogen-bond donors (Lipinski definition) is 1. The zero-order valence-corrected chi connectivity index (χ0v) is 12.3. The molecule has 1 aromatic carbocycles. The molecule has 1 amide bonds. The lowest BCUT2D eigenvalue weighted by atomic mass is 10.1. The van der Waals surface area contributed by atoms with Crippen LogP contribution in [0.1, 0.15) is 41.9 Å². The first-order valence-corrected chi connectivity index (χ1v) is 7.10. The number of carbonyl (C=O) groups excluding carboxylic acids is 1. The Morgan fingerprint density at radius 3 is 2.70 bits per heavy atom. The summed E-state index contributed by atoms with van der Waals surface area (Å²) in [4.78, 5) is 12.1. The van der Waals surface area contributed by atoms with Crippen LogP contribution < -0.4 is 5.32 Å². The van der Waals surface area contributed by atoms with Gasteiger partial charge < -0.3 is 5.32 Å². The average molecular weight is 271 g/mol. The van der Waals surface area contributed by atoms with E-state index in [0.29, 0.717) is 12.1 Å². The third-order valence-corrected chi connectivity index (χ3v) is 3.28. The lowest BCUT2D eigenvalue weighted by Crippen LogP contribution is -2.23. The summed E-state index contributed by atoms with van der Waals surface area (Å²) in [6.07, 6.45) is 3.48. The summed E-state index contributed by atoms with van der Waals surface area (Å²) in [6, 6.07) is 8.08. The molecule has 2 aromatic rings. The van der Waals surface area contributed by atoms with E-state index in [1.165, 1.54) is 0 Å².